The van der Waals surface area contributed by atoms with Crippen LogP contribution >= 0.6 is 0 Å². The van der Waals surface area contributed by atoms with Crippen LogP contribution in [0.3, 0.4) is 0 Å². The van der Waals surface area contributed by atoms with Crippen LogP contribution in [-0.2, 0) is 9.84 Å². The van der Waals surface area contributed by atoms with Gasteiger partial charge in [-0.3, -0.25) is 9.48 Å². The van der Waals surface area contributed by atoms with E-state index in [9.17, 15) is 13.2 Å². The highest BCUT2D eigenvalue weighted by Crippen LogP contribution is 2.26. The summed E-state index contributed by atoms with van der Waals surface area (Å²) in [4.78, 5) is 12.7. The van der Waals surface area contributed by atoms with Gasteiger partial charge in [0, 0.05) is 11.7 Å². The van der Waals surface area contributed by atoms with Crippen LogP contribution in [0.25, 0.3) is 0 Å². The van der Waals surface area contributed by atoms with Crippen molar-refractivity contribution in [3.05, 3.63) is 17.0 Å². The molecule has 1 aliphatic heterocycles. The van der Waals surface area contributed by atoms with Gasteiger partial charge in [0.1, 0.15) is 0 Å². The quantitative estimate of drug-likeness (QED) is 0.801. The van der Waals surface area contributed by atoms with Gasteiger partial charge in [0.15, 0.2) is 9.84 Å². The number of nitrogens with one attached hydrogen (secondary N) is 1. The van der Waals surface area contributed by atoms with E-state index in [-0.39, 0.29) is 29.5 Å². The first kappa shape index (κ1) is 19.9. The van der Waals surface area contributed by atoms with Gasteiger partial charge in [-0.15, -0.1) is 0 Å². The molecule has 0 aliphatic carbocycles. The predicted octanol–water partition coefficient (Wildman–Crippen LogP) is 2.80. The maximum Gasteiger partial charge on any atom is 0.255 e. The molecule has 25 heavy (non-hydrogen) atoms. The number of aryl methyl sites for hydroxylation is 1. The number of carbonyl (C=O) groups excluding carboxylic acids is 1. The van der Waals surface area contributed by atoms with Gasteiger partial charge in [-0.05, 0) is 39.5 Å². The van der Waals surface area contributed by atoms with E-state index in [4.69, 9.17) is 0 Å². The maximum atomic E-state index is 12.7. The molecule has 1 amide bonds. The normalized spacial score (nSPS) is 20.8. The number of amides is 1. The summed E-state index contributed by atoms with van der Waals surface area (Å²) in [7, 11) is -2.98. The predicted molar refractivity (Wildman–Crippen MR) is 99.6 cm³/mol. The van der Waals surface area contributed by atoms with E-state index in [0.29, 0.717) is 23.6 Å². The van der Waals surface area contributed by atoms with E-state index >= 15 is 0 Å². The van der Waals surface area contributed by atoms with Crippen molar-refractivity contribution >= 4 is 15.7 Å². The average molecular weight is 370 g/mol. The van der Waals surface area contributed by atoms with Crippen molar-refractivity contribution in [1.29, 1.82) is 0 Å². The summed E-state index contributed by atoms with van der Waals surface area (Å²) < 4.78 is 25.2. The topological polar surface area (TPSA) is 81.1 Å². The molecule has 0 spiro atoms. The Hall–Kier alpha value is -1.37. The minimum atomic E-state index is -2.98. The van der Waals surface area contributed by atoms with Crippen LogP contribution in [-0.4, -0.2) is 41.7 Å². The lowest BCUT2D eigenvalue weighted by atomic mass is 10.0. The molecule has 142 valence electrons. The molecular weight excluding hydrogens is 338 g/mol. The Morgan fingerprint density at radius 2 is 1.96 bits per heavy atom. The highest BCUT2D eigenvalue weighted by molar-refractivity contribution is 7.91. The second kappa shape index (κ2) is 7.89. The van der Waals surface area contributed by atoms with Gasteiger partial charge in [0.05, 0.1) is 28.8 Å². The summed E-state index contributed by atoms with van der Waals surface area (Å²) in [6.07, 6.45) is 3.77. The zero-order chi connectivity index (χ0) is 18.8. The van der Waals surface area contributed by atoms with Crippen molar-refractivity contribution in [2.45, 2.75) is 72.4 Å². The van der Waals surface area contributed by atoms with Crippen LogP contribution in [0.2, 0.25) is 0 Å². The van der Waals surface area contributed by atoms with E-state index in [1.54, 1.807) is 4.68 Å². The van der Waals surface area contributed by atoms with E-state index < -0.39 is 9.84 Å². The minimum Gasteiger partial charge on any atom is -0.349 e. The molecule has 1 saturated heterocycles. The van der Waals surface area contributed by atoms with E-state index in [2.05, 4.69) is 24.3 Å². The number of nitrogens with zero attached hydrogens (tertiary/aromatic N) is 2. The lowest BCUT2D eigenvalue weighted by Crippen LogP contribution is -2.33. The highest BCUT2D eigenvalue weighted by Gasteiger charge is 2.32. The molecule has 1 fully saturated rings. The Balaban J connectivity index is 2.05. The van der Waals surface area contributed by atoms with Gasteiger partial charge < -0.3 is 5.32 Å². The molecule has 1 N–H and O–H groups in total. The van der Waals surface area contributed by atoms with E-state index in [0.717, 1.165) is 25.0 Å². The molecule has 1 aromatic heterocycles. The van der Waals surface area contributed by atoms with Crippen molar-refractivity contribution in [1.82, 2.24) is 15.1 Å². The van der Waals surface area contributed by atoms with Gasteiger partial charge in [-0.25, -0.2) is 8.42 Å². The lowest BCUT2D eigenvalue weighted by molar-refractivity contribution is 0.0936. The minimum absolute atomic E-state index is 0.111. The summed E-state index contributed by atoms with van der Waals surface area (Å²) in [5, 5.41) is 7.52. The van der Waals surface area contributed by atoms with E-state index in [1.165, 1.54) is 0 Å². The van der Waals surface area contributed by atoms with Crippen LogP contribution in [0.1, 0.15) is 74.2 Å². The van der Waals surface area contributed by atoms with Crippen molar-refractivity contribution in [3.8, 4) is 0 Å². The van der Waals surface area contributed by atoms with Gasteiger partial charge in [0.2, 0.25) is 0 Å². The average Bonchev–Trinajstić information content (AvgIpc) is 2.97. The molecule has 2 atom stereocenters. The largest absolute Gasteiger partial charge is 0.349 e. The van der Waals surface area contributed by atoms with Gasteiger partial charge in [-0.2, -0.15) is 5.10 Å². The first-order valence-electron chi connectivity index (χ1n) is 9.17. The Morgan fingerprint density at radius 1 is 1.28 bits per heavy atom. The fraction of sp³-hybridized carbons (Fsp3) is 0.778. The second-order valence-electron chi connectivity index (χ2n) is 7.75. The molecule has 2 heterocycles. The molecule has 0 radical (unpaired) electrons. The summed E-state index contributed by atoms with van der Waals surface area (Å²) >= 11 is 0. The van der Waals surface area contributed by atoms with Crippen LogP contribution in [0.4, 0.5) is 0 Å². The maximum absolute atomic E-state index is 12.7. The molecule has 2 rings (SSSR count). The Bertz CT molecular complexity index is 722. The van der Waals surface area contributed by atoms with Gasteiger partial charge >= 0.3 is 0 Å². The lowest BCUT2D eigenvalue weighted by Gasteiger charge is -2.15. The highest BCUT2D eigenvalue weighted by atomic mass is 32.2. The molecule has 0 unspecified atom stereocenters. The third kappa shape index (κ3) is 5.06. The van der Waals surface area contributed by atoms with Crippen molar-refractivity contribution in [2.75, 3.05) is 11.5 Å². The fourth-order valence-corrected chi connectivity index (χ4v) is 5.21. The number of hydrogen-bond donors (Lipinski definition) is 1. The van der Waals surface area contributed by atoms with E-state index in [1.807, 2.05) is 20.8 Å². The number of carbonyl (C=O) groups is 1. The molecule has 7 heteroatoms. The van der Waals surface area contributed by atoms with Crippen LogP contribution in [0, 0.1) is 19.8 Å². The standard InChI is InChI=1S/C18H31N3O3S/c1-12(2)7-6-8-13(3)19-18(22)17-14(4)20-21(15(17)5)16-9-10-25(23,24)11-16/h12-13,16H,6-11H2,1-5H3,(H,19,22)/t13-,16-/m0/s1. The summed E-state index contributed by atoms with van der Waals surface area (Å²) in [6, 6.07) is -0.0472. The smallest absolute Gasteiger partial charge is 0.255 e. The molecule has 0 bridgehead atoms. The summed E-state index contributed by atoms with van der Waals surface area (Å²) in [5.74, 6) is 0.874. The zero-order valence-corrected chi connectivity index (χ0v) is 16.8. The molecule has 1 aromatic rings. The Morgan fingerprint density at radius 3 is 2.52 bits per heavy atom. The number of aromatic nitrogens is 2. The summed E-state index contributed by atoms with van der Waals surface area (Å²) in [6.45, 7) is 10.1. The second-order valence-corrected chi connectivity index (χ2v) is 9.98. The third-order valence-corrected chi connectivity index (χ3v) is 6.65. The van der Waals surface area contributed by atoms with Crippen LogP contribution in [0.5, 0.6) is 0 Å². The van der Waals surface area contributed by atoms with Crippen molar-refractivity contribution < 1.29 is 13.2 Å². The Kier molecular flexibility index (Phi) is 6.30. The molecule has 0 aromatic carbocycles. The molecule has 1 aliphatic rings. The van der Waals surface area contributed by atoms with Crippen LogP contribution in [0.15, 0.2) is 0 Å². The van der Waals surface area contributed by atoms with Crippen LogP contribution < -0.4 is 5.32 Å². The number of sulfone groups is 1. The first-order valence-corrected chi connectivity index (χ1v) is 11.0. The third-order valence-electron chi connectivity index (χ3n) is 4.90. The number of rotatable bonds is 7. The van der Waals surface area contributed by atoms with Crippen molar-refractivity contribution in [3.63, 3.8) is 0 Å². The first-order chi connectivity index (χ1) is 11.6. The van der Waals surface area contributed by atoms with Gasteiger partial charge in [-0.1, -0.05) is 26.7 Å². The number of hydrogen-bond acceptors (Lipinski definition) is 4. The zero-order valence-electron chi connectivity index (χ0n) is 16.0. The fourth-order valence-electron chi connectivity index (χ4n) is 3.52. The summed E-state index contributed by atoms with van der Waals surface area (Å²) in [5.41, 5.74) is 2.00. The molecule has 0 saturated carbocycles. The molecule has 6 nitrogen and oxygen atoms in total. The monoisotopic (exact) mass is 369 g/mol. The SMILES string of the molecule is Cc1nn([C@H]2CCS(=O)(=O)C2)c(C)c1C(=O)N[C@@H](C)CCCC(C)C. The molecular formula is C18H31N3O3S. The van der Waals surface area contributed by atoms with Gasteiger partial charge in [0.25, 0.3) is 5.91 Å². The van der Waals surface area contributed by atoms with Crippen molar-refractivity contribution in [2.24, 2.45) is 5.92 Å². The Labute approximate surface area is 151 Å².